The SMILES string of the molecule is CO[C@]12C[C@@H](C)CN(C)[C@@H]([C@H]3CC[C@H](N(C)C)CC3)COC(=O)C(C)(C)C(=O)[C@H](C)[C@H]1O[C@@H]1O[C@H](C)C[C@H](N(C)C)[C@H]1O2. The van der Waals surface area contributed by atoms with Gasteiger partial charge in [-0.3, -0.25) is 14.5 Å². The molecule has 4 aliphatic rings. The molecule has 248 valence electrons. The minimum Gasteiger partial charge on any atom is -0.463 e. The quantitative estimate of drug-likeness (QED) is 0.349. The van der Waals surface area contributed by atoms with E-state index in [9.17, 15) is 9.59 Å². The van der Waals surface area contributed by atoms with Crippen molar-refractivity contribution in [3.63, 3.8) is 0 Å². The summed E-state index contributed by atoms with van der Waals surface area (Å²) in [5.74, 6) is -2.09. The number of methoxy groups -OCH3 is 1. The fraction of sp³-hybridized carbons (Fsp3) is 0.939. The van der Waals surface area contributed by atoms with Gasteiger partial charge in [0.15, 0.2) is 17.9 Å². The van der Waals surface area contributed by atoms with Crippen LogP contribution in [0.25, 0.3) is 0 Å². The molecule has 0 bridgehead atoms. The third-order valence-electron chi connectivity index (χ3n) is 10.8. The van der Waals surface area contributed by atoms with E-state index in [0.29, 0.717) is 18.4 Å². The Hall–Kier alpha value is -1.14. The van der Waals surface area contributed by atoms with Crippen LogP contribution in [0.15, 0.2) is 0 Å². The van der Waals surface area contributed by atoms with Gasteiger partial charge in [0, 0.05) is 44.1 Å². The number of likely N-dealkylation sites (N-methyl/N-ethyl adjacent to an activating group) is 2. The minimum atomic E-state index is -1.36. The molecule has 0 spiro atoms. The van der Waals surface area contributed by atoms with Gasteiger partial charge in [-0.2, -0.15) is 0 Å². The number of esters is 1. The van der Waals surface area contributed by atoms with Gasteiger partial charge in [0.25, 0.3) is 0 Å². The first kappa shape index (κ1) is 34.7. The summed E-state index contributed by atoms with van der Waals surface area (Å²) in [6, 6.07) is 0.704. The van der Waals surface area contributed by atoms with Crippen molar-refractivity contribution in [2.45, 2.75) is 122 Å². The first-order chi connectivity index (χ1) is 20.1. The first-order valence-electron chi connectivity index (χ1n) is 16.4. The Bertz CT molecular complexity index is 968. The molecule has 1 saturated carbocycles. The fourth-order valence-corrected chi connectivity index (χ4v) is 8.17. The number of ketones is 1. The number of nitrogens with zero attached hydrogens (tertiary/aromatic N) is 3. The molecule has 3 saturated heterocycles. The van der Waals surface area contributed by atoms with Gasteiger partial charge in [0.1, 0.15) is 24.2 Å². The van der Waals surface area contributed by atoms with E-state index in [1.54, 1.807) is 21.0 Å². The Labute approximate surface area is 260 Å². The molecule has 3 heterocycles. The molecule has 0 aromatic rings. The van der Waals surface area contributed by atoms with Crippen LogP contribution in [0.5, 0.6) is 0 Å². The number of fused-ring (bicyclic) bond motifs is 2. The largest absolute Gasteiger partial charge is 0.463 e. The molecule has 0 aromatic heterocycles. The highest BCUT2D eigenvalue weighted by Gasteiger charge is 2.59. The van der Waals surface area contributed by atoms with Crippen molar-refractivity contribution in [1.82, 2.24) is 14.7 Å². The molecule has 9 atom stereocenters. The van der Waals surface area contributed by atoms with Crippen molar-refractivity contribution in [2.75, 3.05) is 55.5 Å². The normalized spacial score (nSPS) is 43.7. The van der Waals surface area contributed by atoms with Crippen molar-refractivity contribution in [2.24, 2.45) is 23.2 Å². The lowest BCUT2D eigenvalue weighted by Gasteiger charge is -2.55. The summed E-state index contributed by atoms with van der Waals surface area (Å²) in [5.41, 5.74) is -1.36. The smallest absolute Gasteiger partial charge is 0.319 e. The van der Waals surface area contributed by atoms with Gasteiger partial charge in [-0.15, -0.1) is 0 Å². The van der Waals surface area contributed by atoms with Crippen LogP contribution in [-0.2, 0) is 33.3 Å². The van der Waals surface area contributed by atoms with Gasteiger partial charge in [-0.1, -0.05) is 13.8 Å². The Morgan fingerprint density at radius 2 is 1.60 bits per heavy atom. The van der Waals surface area contributed by atoms with Crippen molar-refractivity contribution in [3.8, 4) is 0 Å². The summed E-state index contributed by atoms with van der Waals surface area (Å²) in [6.45, 7) is 10.4. The van der Waals surface area contributed by atoms with E-state index in [-0.39, 0.29) is 42.6 Å². The number of hydrogen-bond acceptors (Lipinski definition) is 10. The summed E-state index contributed by atoms with van der Waals surface area (Å²) in [4.78, 5) is 34.6. The zero-order valence-electron chi connectivity index (χ0n) is 28.6. The molecule has 10 heteroatoms. The zero-order valence-corrected chi connectivity index (χ0v) is 28.6. The van der Waals surface area contributed by atoms with E-state index in [0.717, 1.165) is 38.6 Å². The van der Waals surface area contributed by atoms with E-state index in [2.05, 4.69) is 42.8 Å². The van der Waals surface area contributed by atoms with Crippen LogP contribution in [0.2, 0.25) is 0 Å². The predicted molar refractivity (Wildman–Crippen MR) is 164 cm³/mol. The highest BCUT2D eigenvalue weighted by molar-refractivity contribution is 6.04. The number of cyclic esters (lactones) is 1. The molecule has 10 nitrogen and oxygen atoms in total. The maximum absolute atomic E-state index is 14.2. The summed E-state index contributed by atoms with van der Waals surface area (Å²) in [6.07, 6.45) is 3.92. The van der Waals surface area contributed by atoms with Gasteiger partial charge in [-0.05, 0) is 99.9 Å². The zero-order chi connectivity index (χ0) is 31.9. The van der Waals surface area contributed by atoms with E-state index in [1.165, 1.54) is 0 Å². The third-order valence-corrected chi connectivity index (χ3v) is 10.8. The topological polar surface area (TPSA) is 90.0 Å². The molecular formula is C33H59N3O7. The molecule has 0 amide bonds. The Balaban J connectivity index is 1.68. The Morgan fingerprint density at radius 1 is 0.953 bits per heavy atom. The van der Waals surface area contributed by atoms with Gasteiger partial charge < -0.3 is 33.5 Å². The van der Waals surface area contributed by atoms with Crippen molar-refractivity contribution in [1.29, 1.82) is 0 Å². The molecule has 3 aliphatic heterocycles. The van der Waals surface area contributed by atoms with Crippen LogP contribution in [0.3, 0.4) is 0 Å². The first-order valence-corrected chi connectivity index (χ1v) is 16.4. The van der Waals surface area contributed by atoms with Crippen LogP contribution >= 0.6 is 0 Å². The molecule has 0 radical (unpaired) electrons. The molecule has 4 rings (SSSR count). The number of hydrogen-bond donors (Lipinski definition) is 0. The maximum atomic E-state index is 14.2. The summed E-state index contributed by atoms with van der Waals surface area (Å²) in [5, 5.41) is 0. The van der Waals surface area contributed by atoms with Crippen LogP contribution < -0.4 is 0 Å². The average Bonchev–Trinajstić information content (AvgIpc) is 2.95. The minimum absolute atomic E-state index is 0.0308. The number of Topliss-reactive ketones (excluding diaryl/α,β-unsaturated/α-hetero) is 1. The number of carbonyl (C=O) groups excluding carboxylic acids is 2. The highest BCUT2D eigenvalue weighted by Crippen LogP contribution is 2.45. The third kappa shape index (κ3) is 7.16. The molecule has 1 aliphatic carbocycles. The van der Waals surface area contributed by atoms with Crippen molar-refractivity contribution in [3.05, 3.63) is 0 Å². The van der Waals surface area contributed by atoms with Gasteiger partial charge in [0.2, 0.25) is 0 Å². The monoisotopic (exact) mass is 609 g/mol. The Morgan fingerprint density at radius 3 is 2.19 bits per heavy atom. The second-order valence-corrected chi connectivity index (χ2v) is 15.0. The lowest BCUT2D eigenvalue weighted by molar-refractivity contribution is -0.424. The van der Waals surface area contributed by atoms with Crippen LogP contribution in [-0.4, -0.2) is 130 Å². The summed E-state index contributed by atoms with van der Waals surface area (Å²) in [7, 11) is 12.2. The summed E-state index contributed by atoms with van der Waals surface area (Å²) < 4.78 is 32.3. The maximum Gasteiger partial charge on any atom is 0.319 e. The molecule has 0 N–H and O–H groups in total. The second-order valence-electron chi connectivity index (χ2n) is 15.0. The standard InChI is InChI=1S/C33H59N3O7/c1-20-17-33(39-11)29(42-30-27(43-33)25(35(8)9)16-21(2)41-30)22(3)28(37)32(4,5)31(38)40-19-26(36(10)18-20)23-12-14-24(15-13-23)34(6)7/h20-27,29-30H,12-19H2,1-11H3/t20-,21-,22+,23-,24-,25+,26-,27-,29-,30+,33+/m1/s1. The number of rotatable bonds is 4. The molecule has 0 aromatic carbocycles. The lowest BCUT2D eigenvalue weighted by atomic mass is 9.76. The summed E-state index contributed by atoms with van der Waals surface area (Å²) >= 11 is 0. The van der Waals surface area contributed by atoms with Crippen molar-refractivity contribution >= 4 is 11.8 Å². The average molecular weight is 610 g/mol. The van der Waals surface area contributed by atoms with Gasteiger partial charge in [-0.25, -0.2) is 0 Å². The van der Waals surface area contributed by atoms with Crippen LogP contribution in [0.1, 0.15) is 73.1 Å². The van der Waals surface area contributed by atoms with E-state index in [4.69, 9.17) is 23.7 Å². The molecule has 43 heavy (non-hydrogen) atoms. The van der Waals surface area contributed by atoms with Crippen LogP contribution in [0, 0.1) is 23.2 Å². The van der Waals surface area contributed by atoms with Crippen molar-refractivity contribution < 1.29 is 33.3 Å². The predicted octanol–water partition coefficient (Wildman–Crippen LogP) is 3.41. The molecule has 4 fully saturated rings. The van der Waals surface area contributed by atoms with E-state index >= 15 is 0 Å². The Kier molecular flexibility index (Phi) is 11.1. The highest BCUT2D eigenvalue weighted by atomic mass is 16.8. The number of carbonyl (C=O) groups is 2. The van der Waals surface area contributed by atoms with E-state index < -0.39 is 35.5 Å². The van der Waals surface area contributed by atoms with Gasteiger partial charge >= 0.3 is 5.97 Å². The van der Waals surface area contributed by atoms with Gasteiger partial charge in [0.05, 0.1) is 6.10 Å². The molecular weight excluding hydrogens is 550 g/mol. The second kappa shape index (κ2) is 13.7. The number of ether oxygens (including phenoxy) is 5. The fourth-order valence-electron chi connectivity index (χ4n) is 8.17. The molecule has 0 unspecified atom stereocenters. The lowest BCUT2D eigenvalue weighted by Crippen LogP contribution is -2.69. The van der Waals surface area contributed by atoms with E-state index in [1.807, 2.05) is 27.9 Å². The van der Waals surface area contributed by atoms with Crippen LogP contribution in [0.4, 0.5) is 0 Å².